The van der Waals surface area contributed by atoms with E-state index in [2.05, 4.69) is 0 Å². The van der Waals surface area contributed by atoms with Gasteiger partial charge < -0.3 is 14.9 Å². The average Bonchev–Trinajstić information content (AvgIpc) is 2.40. The summed E-state index contributed by atoms with van der Waals surface area (Å²) in [6.07, 6.45) is -1.98. The van der Waals surface area contributed by atoms with Gasteiger partial charge in [0.15, 0.2) is 0 Å². The average molecular weight is 267 g/mol. The summed E-state index contributed by atoms with van der Waals surface area (Å²) >= 11 is 0. The number of aliphatic hydroxyl groups is 2. The van der Waals surface area contributed by atoms with Gasteiger partial charge >= 0.3 is 0 Å². The van der Waals surface area contributed by atoms with Gasteiger partial charge in [-0.1, -0.05) is 18.2 Å². The van der Waals surface area contributed by atoms with Crippen molar-refractivity contribution < 1.29 is 19.7 Å². The predicted molar refractivity (Wildman–Crippen MR) is 71.3 cm³/mol. The first-order valence-corrected chi connectivity index (χ1v) is 5.40. The van der Waals surface area contributed by atoms with Crippen LogP contribution in [0.1, 0.15) is 10.4 Å². The molecule has 0 spiro atoms. The first-order valence-electron chi connectivity index (χ1n) is 5.40. The molecule has 0 saturated heterocycles. The number of Topliss-reactive ketones (excluding diaryl/α,β-unsaturated/α-hetero) is 1. The van der Waals surface area contributed by atoms with Crippen LogP contribution < -0.4 is 4.74 Å². The summed E-state index contributed by atoms with van der Waals surface area (Å²) in [5.74, 6) is 0.533. The number of carbonyl (C=O) groups is 1. The molecule has 0 bridgehead atoms. The van der Waals surface area contributed by atoms with Crippen LogP contribution in [0, 0.1) is 0 Å². The molecule has 0 unspecified atom stereocenters. The minimum absolute atomic E-state index is 0. The third-order valence-corrected chi connectivity index (χ3v) is 2.35. The zero-order valence-electron chi connectivity index (χ0n) is 10.5. The predicted octanol–water partition coefficient (Wildman–Crippen LogP) is 1.59. The van der Waals surface area contributed by atoms with Crippen molar-refractivity contribution in [3.8, 4) is 11.5 Å². The van der Waals surface area contributed by atoms with E-state index in [1.165, 1.54) is 12.1 Å². The largest absolute Gasteiger partial charge is 0.457 e. The SMILES string of the molecule is O=C(c1ccc(Oc2ccccc2)cc1)C(O)O.[Na]. The minimum atomic E-state index is -1.98. The molecule has 0 aromatic heterocycles. The Balaban J connectivity index is 0.00000180. The van der Waals surface area contributed by atoms with E-state index in [9.17, 15) is 4.79 Å². The molecule has 19 heavy (non-hydrogen) atoms. The molecule has 0 amide bonds. The van der Waals surface area contributed by atoms with E-state index in [0.29, 0.717) is 11.5 Å². The van der Waals surface area contributed by atoms with Crippen molar-refractivity contribution in [3.63, 3.8) is 0 Å². The van der Waals surface area contributed by atoms with Crippen LogP contribution in [0.25, 0.3) is 0 Å². The van der Waals surface area contributed by atoms with Crippen molar-refractivity contribution in [3.05, 3.63) is 60.2 Å². The second-order valence-electron chi connectivity index (χ2n) is 3.68. The van der Waals surface area contributed by atoms with E-state index in [0.717, 1.165) is 0 Å². The van der Waals surface area contributed by atoms with Gasteiger partial charge in [0, 0.05) is 35.1 Å². The summed E-state index contributed by atoms with van der Waals surface area (Å²) < 4.78 is 5.54. The first kappa shape index (κ1) is 15.9. The Bertz CT molecular complexity index is 523. The molecular weight excluding hydrogens is 255 g/mol. The van der Waals surface area contributed by atoms with Crippen LogP contribution in [-0.2, 0) is 0 Å². The summed E-state index contributed by atoms with van der Waals surface area (Å²) in [6, 6.07) is 15.4. The fraction of sp³-hybridized carbons (Fsp3) is 0.0714. The Labute approximate surface area is 132 Å². The van der Waals surface area contributed by atoms with E-state index in [1.54, 1.807) is 12.1 Å². The van der Waals surface area contributed by atoms with Gasteiger partial charge in [0.05, 0.1) is 0 Å². The van der Waals surface area contributed by atoms with Gasteiger partial charge in [0.2, 0.25) is 12.1 Å². The second-order valence-corrected chi connectivity index (χ2v) is 3.68. The molecule has 1 radical (unpaired) electrons. The molecule has 2 rings (SSSR count). The summed E-state index contributed by atoms with van der Waals surface area (Å²) in [7, 11) is 0. The van der Waals surface area contributed by atoms with Crippen LogP contribution in [0.4, 0.5) is 0 Å². The maximum Gasteiger partial charge on any atom is 0.218 e. The number of carbonyl (C=O) groups excluding carboxylic acids is 1. The molecular formula is C14H12NaO4. The molecule has 2 aromatic carbocycles. The quantitative estimate of drug-likeness (QED) is 0.501. The Kier molecular flexibility index (Phi) is 6.21. The number of para-hydroxylation sites is 1. The van der Waals surface area contributed by atoms with Crippen molar-refractivity contribution in [2.75, 3.05) is 0 Å². The fourth-order valence-electron chi connectivity index (χ4n) is 1.46. The number of hydrogen-bond acceptors (Lipinski definition) is 4. The molecule has 0 saturated carbocycles. The normalized spacial score (nSPS) is 9.84. The standard InChI is InChI=1S/C14H12O4.Na/c15-13(14(16)17)10-6-8-12(9-7-10)18-11-4-2-1-3-5-11;/h1-9,14,16-17H;. The van der Waals surface area contributed by atoms with Crippen LogP contribution >= 0.6 is 0 Å². The molecule has 2 aromatic rings. The number of hydrogen-bond donors (Lipinski definition) is 2. The number of ether oxygens (including phenoxy) is 1. The van der Waals surface area contributed by atoms with E-state index in [-0.39, 0.29) is 35.1 Å². The van der Waals surface area contributed by atoms with Gasteiger partial charge in [0.1, 0.15) is 11.5 Å². The number of benzene rings is 2. The summed E-state index contributed by atoms with van der Waals surface area (Å²) in [5, 5.41) is 17.5. The van der Waals surface area contributed by atoms with Crippen LogP contribution in [0.3, 0.4) is 0 Å². The van der Waals surface area contributed by atoms with Crippen LogP contribution in [0.15, 0.2) is 54.6 Å². The molecule has 0 atom stereocenters. The summed E-state index contributed by atoms with van der Waals surface area (Å²) in [6.45, 7) is 0. The zero-order chi connectivity index (χ0) is 13.0. The Morgan fingerprint density at radius 2 is 1.42 bits per heavy atom. The first-order chi connectivity index (χ1) is 8.66. The van der Waals surface area contributed by atoms with Crippen molar-refractivity contribution in [1.82, 2.24) is 0 Å². The number of aliphatic hydroxyl groups excluding tert-OH is 1. The second kappa shape index (κ2) is 7.43. The molecule has 0 heterocycles. The third kappa shape index (κ3) is 4.45. The Hall–Kier alpha value is -1.17. The van der Waals surface area contributed by atoms with E-state index < -0.39 is 12.1 Å². The smallest absolute Gasteiger partial charge is 0.218 e. The minimum Gasteiger partial charge on any atom is -0.457 e. The van der Waals surface area contributed by atoms with Crippen LogP contribution in [0.2, 0.25) is 0 Å². The molecule has 0 aliphatic carbocycles. The van der Waals surface area contributed by atoms with Gasteiger partial charge in [0.25, 0.3) is 0 Å². The molecule has 5 heteroatoms. The zero-order valence-corrected chi connectivity index (χ0v) is 12.5. The third-order valence-electron chi connectivity index (χ3n) is 2.35. The topological polar surface area (TPSA) is 66.8 Å². The van der Waals surface area contributed by atoms with Gasteiger partial charge in [-0.3, -0.25) is 4.79 Å². The van der Waals surface area contributed by atoms with Gasteiger partial charge in [-0.25, -0.2) is 0 Å². The van der Waals surface area contributed by atoms with Crippen LogP contribution in [0.5, 0.6) is 11.5 Å². The maximum atomic E-state index is 11.3. The molecule has 93 valence electrons. The van der Waals surface area contributed by atoms with Crippen LogP contribution in [-0.4, -0.2) is 51.8 Å². The van der Waals surface area contributed by atoms with Crippen molar-refractivity contribution in [1.29, 1.82) is 0 Å². The fourth-order valence-corrected chi connectivity index (χ4v) is 1.46. The summed E-state index contributed by atoms with van der Waals surface area (Å²) in [4.78, 5) is 11.3. The number of rotatable bonds is 4. The van der Waals surface area contributed by atoms with E-state index in [1.807, 2.05) is 30.3 Å². The molecule has 4 nitrogen and oxygen atoms in total. The molecule has 0 aliphatic rings. The van der Waals surface area contributed by atoms with Crippen molar-refractivity contribution in [2.45, 2.75) is 6.29 Å². The van der Waals surface area contributed by atoms with E-state index in [4.69, 9.17) is 14.9 Å². The van der Waals surface area contributed by atoms with E-state index >= 15 is 0 Å². The molecule has 0 fully saturated rings. The van der Waals surface area contributed by atoms with Crippen molar-refractivity contribution >= 4 is 35.3 Å². The van der Waals surface area contributed by atoms with Gasteiger partial charge in [-0.2, -0.15) is 0 Å². The number of ketones is 1. The maximum absolute atomic E-state index is 11.3. The Morgan fingerprint density at radius 3 is 1.95 bits per heavy atom. The Morgan fingerprint density at radius 1 is 0.895 bits per heavy atom. The van der Waals surface area contributed by atoms with Crippen molar-refractivity contribution in [2.24, 2.45) is 0 Å². The van der Waals surface area contributed by atoms with Gasteiger partial charge in [-0.05, 0) is 36.4 Å². The molecule has 0 aliphatic heterocycles. The molecule has 2 N–H and O–H groups in total. The summed E-state index contributed by atoms with van der Waals surface area (Å²) in [5.41, 5.74) is 0.227. The monoisotopic (exact) mass is 267 g/mol. The van der Waals surface area contributed by atoms with Gasteiger partial charge in [-0.15, -0.1) is 0 Å².